The number of esters is 1. The third-order valence-electron chi connectivity index (χ3n) is 5.11. The van der Waals surface area contributed by atoms with Crippen molar-refractivity contribution >= 4 is 5.97 Å². The Kier molecular flexibility index (Phi) is 5.63. The maximum absolute atomic E-state index is 12.4. The number of rotatable bonds is 6. The van der Waals surface area contributed by atoms with Crippen molar-refractivity contribution in [2.75, 3.05) is 26.8 Å². The number of nitrogens with one attached hydrogen (secondary N) is 1. The third kappa shape index (κ3) is 3.41. The summed E-state index contributed by atoms with van der Waals surface area (Å²) in [5.41, 5.74) is -0.494. The molecule has 122 valence electrons. The number of likely N-dealkylation sites (N-methyl/N-ethyl adjacent to an activating group) is 2. The fraction of sp³-hybridized carbons (Fsp3) is 0.938. The summed E-state index contributed by atoms with van der Waals surface area (Å²) in [6, 6.07) is 0.886. The molecule has 0 spiro atoms. The molecule has 1 N–H and O–H groups in total. The summed E-state index contributed by atoms with van der Waals surface area (Å²) < 4.78 is 11.0. The molecule has 21 heavy (non-hydrogen) atoms. The molecule has 4 atom stereocenters. The van der Waals surface area contributed by atoms with E-state index in [0.29, 0.717) is 18.7 Å². The van der Waals surface area contributed by atoms with E-state index in [1.165, 1.54) is 0 Å². The number of hydrogen-bond acceptors (Lipinski definition) is 5. The summed E-state index contributed by atoms with van der Waals surface area (Å²) in [7, 11) is 2.17. The fourth-order valence-corrected chi connectivity index (χ4v) is 3.92. The van der Waals surface area contributed by atoms with Crippen LogP contribution in [0.2, 0.25) is 0 Å². The van der Waals surface area contributed by atoms with Crippen molar-refractivity contribution in [3.05, 3.63) is 0 Å². The summed E-state index contributed by atoms with van der Waals surface area (Å²) in [5.74, 6) is -0.0847. The van der Waals surface area contributed by atoms with Gasteiger partial charge in [0.1, 0.15) is 5.54 Å². The summed E-state index contributed by atoms with van der Waals surface area (Å²) >= 11 is 0. The second kappa shape index (κ2) is 7.07. The molecule has 0 amide bonds. The number of ether oxygens (including phenoxy) is 2. The lowest BCUT2D eigenvalue weighted by Gasteiger charge is -2.34. The van der Waals surface area contributed by atoms with Gasteiger partial charge >= 0.3 is 5.97 Å². The van der Waals surface area contributed by atoms with Crippen LogP contribution in [0.5, 0.6) is 0 Å². The van der Waals surface area contributed by atoms with Gasteiger partial charge in [0.15, 0.2) is 0 Å². The second-order valence-electron chi connectivity index (χ2n) is 6.33. The van der Waals surface area contributed by atoms with E-state index in [2.05, 4.69) is 24.2 Å². The molecule has 2 fully saturated rings. The molecule has 0 aromatic heterocycles. The third-order valence-corrected chi connectivity index (χ3v) is 5.11. The normalized spacial score (nSPS) is 36.3. The molecular weight excluding hydrogens is 268 g/mol. The van der Waals surface area contributed by atoms with Crippen molar-refractivity contribution in [3.8, 4) is 0 Å². The Hall–Kier alpha value is -0.650. The van der Waals surface area contributed by atoms with Crippen LogP contribution in [0.3, 0.4) is 0 Å². The molecule has 1 aliphatic heterocycles. The predicted octanol–water partition coefficient (Wildman–Crippen LogP) is 1.56. The smallest absolute Gasteiger partial charge is 0.326 e. The van der Waals surface area contributed by atoms with Crippen LogP contribution in [0.15, 0.2) is 0 Å². The van der Waals surface area contributed by atoms with E-state index in [1.54, 1.807) is 0 Å². The van der Waals surface area contributed by atoms with Gasteiger partial charge in [0, 0.05) is 18.7 Å². The van der Waals surface area contributed by atoms with Crippen LogP contribution in [0.1, 0.15) is 46.5 Å². The van der Waals surface area contributed by atoms with Crippen molar-refractivity contribution < 1.29 is 14.3 Å². The minimum Gasteiger partial charge on any atom is -0.465 e. The summed E-state index contributed by atoms with van der Waals surface area (Å²) in [5, 5.41) is 3.40. The second-order valence-corrected chi connectivity index (χ2v) is 6.33. The molecule has 1 aliphatic carbocycles. The molecule has 2 aliphatic rings. The van der Waals surface area contributed by atoms with Gasteiger partial charge in [0.25, 0.3) is 0 Å². The van der Waals surface area contributed by atoms with Crippen LogP contribution in [-0.4, -0.2) is 61.4 Å². The number of nitrogens with zero attached hydrogens (tertiary/aromatic N) is 1. The van der Waals surface area contributed by atoms with Crippen LogP contribution in [-0.2, 0) is 14.3 Å². The van der Waals surface area contributed by atoms with Crippen LogP contribution in [0.25, 0.3) is 0 Å². The number of hydrogen-bond donors (Lipinski definition) is 1. The van der Waals surface area contributed by atoms with E-state index >= 15 is 0 Å². The highest BCUT2D eigenvalue weighted by atomic mass is 16.5. The number of carbonyl (C=O) groups is 1. The Bertz CT molecular complexity index is 363. The molecule has 2 rings (SSSR count). The lowest BCUT2D eigenvalue weighted by atomic mass is 9.96. The van der Waals surface area contributed by atoms with Crippen molar-refractivity contribution in [1.29, 1.82) is 0 Å². The lowest BCUT2D eigenvalue weighted by Crippen LogP contribution is -2.52. The molecule has 0 aromatic rings. The average Bonchev–Trinajstić information content (AvgIpc) is 3.06. The van der Waals surface area contributed by atoms with Gasteiger partial charge in [-0.15, -0.1) is 0 Å². The Morgan fingerprint density at radius 1 is 1.43 bits per heavy atom. The van der Waals surface area contributed by atoms with Gasteiger partial charge in [-0.2, -0.15) is 0 Å². The standard InChI is InChI=1S/C16H30N2O3/c1-5-17-16(15(19)20-6-2)9-7-13(11-16)18(4)14-8-10-21-12(14)3/h12-14,17H,5-11H2,1-4H3. The van der Waals surface area contributed by atoms with Crippen LogP contribution >= 0.6 is 0 Å². The van der Waals surface area contributed by atoms with Crippen LogP contribution in [0, 0.1) is 0 Å². The fourth-order valence-electron chi connectivity index (χ4n) is 3.92. The highest BCUT2D eigenvalue weighted by molar-refractivity contribution is 5.81. The highest BCUT2D eigenvalue weighted by Gasteiger charge is 2.48. The quantitative estimate of drug-likeness (QED) is 0.754. The molecule has 5 heteroatoms. The largest absolute Gasteiger partial charge is 0.465 e. The van der Waals surface area contributed by atoms with Gasteiger partial charge < -0.3 is 14.8 Å². The Morgan fingerprint density at radius 3 is 2.76 bits per heavy atom. The van der Waals surface area contributed by atoms with Crippen molar-refractivity contribution in [1.82, 2.24) is 10.2 Å². The minimum atomic E-state index is -0.494. The van der Waals surface area contributed by atoms with Gasteiger partial charge in [0.05, 0.1) is 12.7 Å². The molecule has 5 nitrogen and oxygen atoms in total. The van der Waals surface area contributed by atoms with Gasteiger partial charge in [-0.3, -0.25) is 9.69 Å². The maximum atomic E-state index is 12.4. The van der Waals surface area contributed by atoms with Crippen LogP contribution < -0.4 is 5.32 Å². The first-order valence-electron chi connectivity index (χ1n) is 8.30. The first kappa shape index (κ1) is 16.7. The van der Waals surface area contributed by atoms with E-state index in [-0.39, 0.29) is 12.1 Å². The molecule has 1 heterocycles. The Labute approximate surface area is 128 Å². The van der Waals surface area contributed by atoms with E-state index in [9.17, 15) is 4.79 Å². The van der Waals surface area contributed by atoms with Crippen molar-refractivity contribution in [2.45, 2.75) is 70.2 Å². The predicted molar refractivity (Wildman–Crippen MR) is 82.3 cm³/mol. The van der Waals surface area contributed by atoms with Crippen molar-refractivity contribution in [2.24, 2.45) is 0 Å². The lowest BCUT2D eigenvalue weighted by molar-refractivity contribution is -0.151. The minimum absolute atomic E-state index is 0.0847. The Balaban J connectivity index is 2.03. The molecule has 1 saturated carbocycles. The summed E-state index contributed by atoms with van der Waals surface area (Å²) in [6.45, 7) is 8.14. The topological polar surface area (TPSA) is 50.8 Å². The molecule has 1 saturated heterocycles. The highest BCUT2D eigenvalue weighted by Crippen LogP contribution is 2.36. The Morgan fingerprint density at radius 2 is 2.19 bits per heavy atom. The van der Waals surface area contributed by atoms with Crippen LogP contribution in [0.4, 0.5) is 0 Å². The van der Waals surface area contributed by atoms with E-state index < -0.39 is 5.54 Å². The van der Waals surface area contributed by atoms with E-state index in [0.717, 1.165) is 38.8 Å². The molecular formula is C16H30N2O3. The first-order valence-corrected chi connectivity index (χ1v) is 8.30. The molecule has 4 unspecified atom stereocenters. The van der Waals surface area contributed by atoms with Crippen molar-refractivity contribution in [3.63, 3.8) is 0 Å². The zero-order valence-corrected chi connectivity index (χ0v) is 13.9. The summed E-state index contributed by atoms with van der Waals surface area (Å²) in [6.07, 6.45) is 4.09. The average molecular weight is 298 g/mol. The van der Waals surface area contributed by atoms with E-state index in [1.807, 2.05) is 13.8 Å². The SMILES string of the molecule is CCNC1(C(=O)OCC)CCC(N(C)C2CCOC2C)C1. The molecule has 0 aromatic carbocycles. The van der Waals surface area contributed by atoms with Gasteiger partial charge in [-0.05, 0) is 53.1 Å². The molecule has 0 radical (unpaired) electrons. The maximum Gasteiger partial charge on any atom is 0.326 e. The monoisotopic (exact) mass is 298 g/mol. The molecule has 0 bridgehead atoms. The zero-order valence-electron chi connectivity index (χ0n) is 13.9. The van der Waals surface area contributed by atoms with Gasteiger partial charge in [-0.25, -0.2) is 0 Å². The van der Waals surface area contributed by atoms with E-state index in [4.69, 9.17) is 9.47 Å². The number of carbonyl (C=O) groups excluding carboxylic acids is 1. The van der Waals surface area contributed by atoms with Gasteiger partial charge in [-0.1, -0.05) is 6.92 Å². The summed E-state index contributed by atoms with van der Waals surface area (Å²) in [4.78, 5) is 14.8. The van der Waals surface area contributed by atoms with Gasteiger partial charge in [0.2, 0.25) is 0 Å². The first-order chi connectivity index (χ1) is 10.0. The zero-order chi connectivity index (χ0) is 15.5.